The Kier molecular flexibility index (Phi) is 5.26. The van der Waals surface area contributed by atoms with Crippen molar-refractivity contribution in [1.82, 2.24) is 25.6 Å². The van der Waals surface area contributed by atoms with E-state index in [9.17, 15) is 14.9 Å². The van der Waals surface area contributed by atoms with Crippen molar-refractivity contribution in [2.75, 3.05) is 0 Å². The van der Waals surface area contributed by atoms with E-state index in [0.29, 0.717) is 11.3 Å². The number of hydrazone groups is 1. The van der Waals surface area contributed by atoms with E-state index in [1.807, 2.05) is 24.3 Å². The molecule has 0 saturated heterocycles. The summed E-state index contributed by atoms with van der Waals surface area (Å²) in [6.07, 6.45) is 1.55. The number of nitrogens with zero attached hydrogens (tertiary/aromatic N) is 6. The van der Waals surface area contributed by atoms with Gasteiger partial charge in [0, 0.05) is 12.1 Å². The molecule has 1 amide bonds. The molecule has 3 rings (SSSR count). The van der Waals surface area contributed by atoms with Crippen LogP contribution in [0.3, 0.4) is 0 Å². The van der Waals surface area contributed by atoms with Gasteiger partial charge < -0.3 is 0 Å². The highest BCUT2D eigenvalue weighted by Gasteiger charge is 2.08. The molecular weight excluding hydrogens is 350 g/mol. The summed E-state index contributed by atoms with van der Waals surface area (Å²) in [4.78, 5) is 22.2. The average Bonchev–Trinajstić information content (AvgIpc) is 3.21. The third-order valence-corrected chi connectivity index (χ3v) is 3.74. The molecule has 1 heterocycles. The van der Waals surface area contributed by atoms with Gasteiger partial charge in [-0.2, -0.15) is 5.10 Å². The van der Waals surface area contributed by atoms with Gasteiger partial charge in [-0.3, -0.25) is 14.9 Å². The van der Waals surface area contributed by atoms with E-state index in [2.05, 4.69) is 26.1 Å². The average molecular weight is 365 g/mol. The Balaban J connectivity index is 1.64. The lowest BCUT2D eigenvalue weighted by Gasteiger charge is -2.05. The van der Waals surface area contributed by atoms with Gasteiger partial charge in [0.05, 0.1) is 22.7 Å². The van der Waals surface area contributed by atoms with Gasteiger partial charge >= 0.3 is 0 Å². The number of benzene rings is 2. The van der Waals surface area contributed by atoms with Gasteiger partial charge in [-0.05, 0) is 40.6 Å². The van der Waals surface area contributed by atoms with Gasteiger partial charge in [-0.25, -0.2) is 10.1 Å². The lowest BCUT2D eigenvalue weighted by molar-refractivity contribution is -0.384. The van der Waals surface area contributed by atoms with Crippen LogP contribution in [-0.2, 0) is 11.2 Å². The summed E-state index contributed by atoms with van der Waals surface area (Å²) < 4.78 is 1.52. The van der Waals surface area contributed by atoms with Crippen LogP contribution >= 0.6 is 0 Å². The minimum Gasteiger partial charge on any atom is -0.273 e. The summed E-state index contributed by atoms with van der Waals surface area (Å²) in [5.74, 6) is -0.320. The van der Waals surface area contributed by atoms with Gasteiger partial charge in [0.1, 0.15) is 6.33 Å². The molecule has 0 aliphatic rings. The normalized spacial score (nSPS) is 11.2. The van der Waals surface area contributed by atoms with Crippen molar-refractivity contribution in [3.8, 4) is 5.69 Å². The molecule has 2 aromatic carbocycles. The number of nitrogens with one attached hydrogen (secondary N) is 1. The van der Waals surface area contributed by atoms with Crippen molar-refractivity contribution in [3.63, 3.8) is 0 Å². The van der Waals surface area contributed by atoms with Crippen LogP contribution in [0.2, 0.25) is 0 Å². The van der Waals surface area contributed by atoms with Crippen molar-refractivity contribution >= 4 is 17.3 Å². The van der Waals surface area contributed by atoms with E-state index in [4.69, 9.17) is 0 Å². The summed E-state index contributed by atoms with van der Waals surface area (Å²) >= 11 is 0. The second kappa shape index (κ2) is 7.95. The Morgan fingerprint density at radius 2 is 2.04 bits per heavy atom. The molecule has 0 fully saturated rings. The monoisotopic (exact) mass is 365 g/mol. The van der Waals surface area contributed by atoms with Crippen molar-refractivity contribution < 1.29 is 9.72 Å². The fourth-order valence-corrected chi connectivity index (χ4v) is 2.32. The molecule has 0 saturated carbocycles. The number of hydrogen-bond donors (Lipinski definition) is 1. The first kappa shape index (κ1) is 17.9. The molecule has 0 spiro atoms. The van der Waals surface area contributed by atoms with Crippen LogP contribution < -0.4 is 5.43 Å². The van der Waals surface area contributed by atoms with Gasteiger partial charge in [-0.1, -0.05) is 24.3 Å². The summed E-state index contributed by atoms with van der Waals surface area (Å²) in [6.45, 7) is 1.77. The van der Waals surface area contributed by atoms with E-state index >= 15 is 0 Å². The van der Waals surface area contributed by atoms with E-state index < -0.39 is 4.92 Å². The number of hydrogen-bond acceptors (Lipinski definition) is 7. The number of tetrazole rings is 1. The second-order valence-electron chi connectivity index (χ2n) is 5.64. The fourth-order valence-electron chi connectivity index (χ4n) is 2.32. The molecule has 0 aliphatic carbocycles. The highest BCUT2D eigenvalue weighted by Crippen LogP contribution is 2.12. The topological polar surface area (TPSA) is 128 Å². The first-order valence-corrected chi connectivity index (χ1v) is 7.93. The maximum Gasteiger partial charge on any atom is 0.269 e. The third-order valence-electron chi connectivity index (χ3n) is 3.74. The quantitative estimate of drug-likeness (QED) is 0.402. The van der Waals surface area contributed by atoms with Gasteiger partial charge in [0.15, 0.2) is 0 Å². The summed E-state index contributed by atoms with van der Waals surface area (Å²) in [5.41, 5.74) is 5.31. The largest absolute Gasteiger partial charge is 0.273 e. The molecular formula is C17H15N7O3. The predicted molar refractivity (Wildman–Crippen MR) is 96.3 cm³/mol. The molecule has 1 aromatic heterocycles. The van der Waals surface area contributed by atoms with Crippen LogP contribution in [-0.4, -0.2) is 36.7 Å². The number of carbonyl (C=O) groups excluding carboxylic acids is 1. The van der Waals surface area contributed by atoms with Gasteiger partial charge in [0.2, 0.25) is 5.91 Å². The number of carbonyl (C=O) groups is 1. The van der Waals surface area contributed by atoms with Crippen LogP contribution in [0.1, 0.15) is 18.1 Å². The molecule has 27 heavy (non-hydrogen) atoms. The third kappa shape index (κ3) is 4.57. The first-order chi connectivity index (χ1) is 13.0. The Labute approximate surface area is 153 Å². The zero-order valence-corrected chi connectivity index (χ0v) is 14.3. The van der Waals surface area contributed by atoms with Crippen molar-refractivity contribution in [2.45, 2.75) is 13.3 Å². The van der Waals surface area contributed by atoms with Crippen LogP contribution in [0.5, 0.6) is 0 Å². The Morgan fingerprint density at radius 3 is 2.70 bits per heavy atom. The number of aromatic nitrogens is 4. The van der Waals surface area contributed by atoms with E-state index in [1.54, 1.807) is 19.1 Å². The van der Waals surface area contributed by atoms with Crippen molar-refractivity contribution in [3.05, 3.63) is 76.1 Å². The maximum atomic E-state index is 12.0. The van der Waals surface area contributed by atoms with E-state index in [-0.39, 0.29) is 18.0 Å². The number of nitro groups is 1. The first-order valence-electron chi connectivity index (χ1n) is 7.93. The highest BCUT2D eigenvalue weighted by atomic mass is 16.6. The summed E-state index contributed by atoms with van der Waals surface area (Å²) in [6, 6.07) is 13.2. The van der Waals surface area contributed by atoms with Crippen LogP contribution in [0.25, 0.3) is 5.69 Å². The molecule has 3 aromatic rings. The zero-order valence-electron chi connectivity index (χ0n) is 14.3. The summed E-state index contributed by atoms with van der Waals surface area (Å²) in [5, 5.41) is 25.8. The Bertz CT molecular complexity index is 982. The molecule has 0 aliphatic heterocycles. The number of nitro benzene ring substituents is 1. The second-order valence-corrected chi connectivity index (χ2v) is 5.64. The maximum absolute atomic E-state index is 12.0. The Morgan fingerprint density at radius 1 is 1.26 bits per heavy atom. The van der Waals surface area contributed by atoms with Crippen LogP contribution in [0, 0.1) is 10.1 Å². The summed E-state index contributed by atoms with van der Waals surface area (Å²) in [7, 11) is 0. The standard InChI is InChI=1S/C17H15N7O3/c1-12(14-3-2-4-16(10-14)23-11-18-21-22-23)19-20-17(25)9-13-5-7-15(8-6-13)24(26)27/h2-8,10-11H,9H2,1H3,(H,20,25)/b19-12+. The molecule has 1 N–H and O–H groups in total. The molecule has 0 radical (unpaired) electrons. The molecule has 0 unspecified atom stereocenters. The smallest absolute Gasteiger partial charge is 0.269 e. The lowest BCUT2D eigenvalue weighted by Crippen LogP contribution is -2.21. The lowest BCUT2D eigenvalue weighted by atomic mass is 10.1. The predicted octanol–water partition coefficient (Wildman–Crippen LogP) is 1.65. The van der Waals surface area contributed by atoms with Crippen LogP contribution in [0.4, 0.5) is 5.69 Å². The van der Waals surface area contributed by atoms with Crippen molar-refractivity contribution in [2.24, 2.45) is 5.10 Å². The Hall–Kier alpha value is -3.95. The van der Waals surface area contributed by atoms with Crippen molar-refractivity contribution in [1.29, 1.82) is 0 Å². The number of rotatable bonds is 6. The zero-order chi connectivity index (χ0) is 19.2. The molecule has 136 valence electrons. The molecule has 10 heteroatoms. The van der Waals surface area contributed by atoms with Crippen LogP contribution in [0.15, 0.2) is 60.0 Å². The van der Waals surface area contributed by atoms with E-state index in [0.717, 1.165) is 11.3 Å². The van der Waals surface area contributed by atoms with Gasteiger partial charge in [0.25, 0.3) is 5.69 Å². The molecule has 0 bridgehead atoms. The molecule has 10 nitrogen and oxygen atoms in total. The number of non-ortho nitro benzene ring substituents is 1. The minimum atomic E-state index is -0.485. The van der Waals surface area contributed by atoms with Gasteiger partial charge in [-0.15, -0.1) is 5.10 Å². The molecule has 0 atom stereocenters. The SMILES string of the molecule is C/C(=N\NC(=O)Cc1ccc([N+](=O)[O-])cc1)c1cccc(-n2cnnn2)c1. The van der Waals surface area contributed by atoms with E-state index in [1.165, 1.54) is 23.1 Å². The minimum absolute atomic E-state index is 0.0181. The fraction of sp³-hybridized carbons (Fsp3) is 0.118. The number of amides is 1. The highest BCUT2D eigenvalue weighted by molar-refractivity contribution is 5.99.